The van der Waals surface area contributed by atoms with Gasteiger partial charge in [-0.15, -0.1) is 0 Å². The van der Waals surface area contributed by atoms with Crippen LogP contribution in [0.5, 0.6) is 0 Å². The first-order valence-corrected chi connectivity index (χ1v) is 39.6. The Morgan fingerprint density at radius 1 is 0.163 bits per heavy atom. The molecule has 0 bridgehead atoms. The monoisotopic (exact) mass is 1120 g/mol. The van der Waals surface area contributed by atoms with Crippen LogP contribution in [-0.4, -0.2) is 0 Å². The van der Waals surface area contributed by atoms with Crippen molar-refractivity contribution in [3.05, 3.63) is 6.42 Å². The minimum Gasteiger partial charge on any atom is -0.0654 e. The van der Waals surface area contributed by atoms with Gasteiger partial charge in [0, 0.05) is 0 Å². The summed E-state index contributed by atoms with van der Waals surface area (Å²) in [5, 5.41) is 0. The second-order valence-corrected chi connectivity index (χ2v) is 28.1. The lowest BCUT2D eigenvalue weighted by atomic mass is 9.89. The molecular weight excluding hydrogens is 961 g/mol. The van der Waals surface area contributed by atoms with E-state index in [0.29, 0.717) is 0 Å². The van der Waals surface area contributed by atoms with E-state index in [2.05, 4.69) is 34.1 Å². The average Bonchev–Trinajstić information content (AvgIpc) is 3.46. The maximum atomic E-state index is 2.69. The lowest BCUT2D eigenvalue weighted by Gasteiger charge is -2.17. The standard InChI is InChI=1S/C80H161/c1-5-8-11-14-17-20-23-26-29-32-34-36-37-38-39-41-43-46-49-52-55-58-61-67-72-77-80(76-71-66-60-57-54-51-48-45-42-40-35-33-30-27-24-21-18-15-12-9-6-2)78-73-68-63-62-65-70-75-79(4)74-69-64-59-56-53-50-47-44-31-28-25-22-19-16-13-10-7-3/h63,79-80H,5-62,64-78H2,1-4H3. The molecule has 0 heteroatoms. The Bertz CT molecular complexity index is 1010. The van der Waals surface area contributed by atoms with Gasteiger partial charge in [0.25, 0.3) is 0 Å². The summed E-state index contributed by atoms with van der Waals surface area (Å²) in [6, 6.07) is 0. The topological polar surface area (TPSA) is 0 Å². The Kier molecular flexibility index (Phi) is 75.1. The molecule has 0 aromatic rings. The first-order valence-electron chi connectivity index (χ1n) is 39.6. The molecular formula is C80H161. The predicted molar refractivity (Wildman–Crippen MR) is 371 cm³/mol. The van der Waals surface area contributed by atoms with Crippen molar-refractivity contribution in [2.24, 2.45) is 11.8 Å². The van der Waals surface area contributed by atoms with Crippen molar-refractivity contribution >= 4 is 0 Å². The molecule has 2 unspecified atom stereocenters. The van der Waals surface area contributed by atoms with Crippen LogP contribution in [0.3, 0.4) is 0 Å². The van der Waals surface area contributed by atoms with E-state index in [1.165, 1.54) is 469 Å². The molecule has 0 nitrogen and oxygen atoms in total. The highest BCUT2D eigenvalue weighted by Crippen LogP contribution is 2.26. The van der Waals surface area contributed by atoms with Crippen LogP contribution in [0.25, 0.3) is 0 Å². The van der Waals surface area contributed by atoms with E-state index >= 15 is 0 Å². The molecule has 1 radical (unpaired) electrons. The van der Waals surface area contributed by atoms with Gasteiger partial charge in [-0.3, -0.25) is 0 Å². The van der Waals surface area contributed by atoms with Crippen LogP contribution in [0.15, 0.2) is 0 Å². The summed E-state index contributed by atoms with van der Waals surface area (Å²) >= 11 is 0. The van der Waals surface area contributed by atoms with Gasteiger partial charge >= 0.3 is 0 Å². The third-order valence-electron chi connectivity index (χ3n) is 19.6. The molecule has 0 heterocycles. The predicted octanol–water partition coefficient (Wildman–Crippen LogP) is 31.0. The maximum absolute atomic E-state index is 2.69. The van der Waals surface area contributed by atoms with Crippen LogP contribution < -0.4 is 0 Å². The van der Waals surface area contributed by atoms with Gasteiger partial charge in [0.15, 0.2) is 0 Å². The molecule has 0 aliphatic rings. The van der Waals surface area contributed by atoms with E-state index in [1.807, 2.05) is 0 Å². The van der Waals surface area contributed by atoms with Crippen LogP contribution in [0, 0.1) is 18.3 Å². The summed E-state index contributed by atoms with van der Waals surface area (Å²) in [4.78, 5) is 0. The van der Waals surface area contributed by atoms with E-state index in [0.717, 1.165) is 11.8 Å². The lowest BCUT2D eigenvalue weighted by Crippen LogP contribution is -2.02. The maximum Gasteiger partial charge on any atom is -0.0386 e. The van der Waals surface area contributed by atoms with E-state index in [1.54, 1.807) is 0 Å². The van der Waals surface area contributed by atoms with Gasteiger partial charge < -0.3 is 0 Å². The SMILES string of the molecule is CCCCCCCCCCCCCCCCCCCCCCCCCCCC(CCC[CH]CCCCC(C)CCCCCCCCCCCCCCCCCCC)CCCCCCCCCCCCCCCCCCCCCCC. The average molecular weight is 1120 g/mol. The Morgan fingerprint density at radius 3 is 0.525 bits per heavy atom. The van der Waals surface area contributed by atoms with Crippen LogP contribution in [0.4, 0.5) is 0 Å². The van der Waals surface area contributed by atoms with Crippen LogP contribution in [0.1, 0.15) is 496 Å². The molecule has 0 saturated carbocycles. The summed E-state index contributed by atoms with van der Waals surface area (Å²) < 4.78 is 0. The summed E-state index contributed by atoms with van der Waals surface area (Å²) in [7, 11) is 0. The highest BCUT2D eigenvalue weighted by atomic mass is 14.2. The normalized spacial score (nSPS) is 12.6. The summed E-state index contributed by atoms with van der Waals surface area (Å²) in [5.41, 5.74) is 0. The van der Waals surface area contributed by atoms with Gasteiger partial charge in [-0.2, -0.15) is 0 Å². The Hall–Kier alpha value is 0. The summed E-state index contributed by atoms with van der Waals surface area (Å²) in [6.45, 7) is 9.51. The second-order valence-electron chi connectivity index (χ2n) is 28.1. The Balaban J connectivity index is 4.05. The van der Waals surface area contributed by atoms with Gasteiger partial charge in [0.2, 0.25) is 0 Å². The van der Waals surface area contributed by atoms with Crippen LogP contribution >= 0.6 is 0 Å². The van der Waals surface area contributed by atoms with E-state index in [4.69, 9.17) is 0 Å². The van der Waals surface area contributed by atoms with Crippen molar-refractivity contribution in [1.29, 1.82) is 0 Å². The quantitative estimate of drug-likeness (QED) is 0.0533. The van der Waals surface area contributed by atoms with Gasteiger partial charge in [-0.05, 0) is 18.3 Å². The van der Waals surface area contributed by atoms with Gasteiger partial charge in [-0.25, -0.2) is 0 Å². The molecule has 0 aromatic carbocycles. The molecule has 0 saturated heterocycles. The third kappa shape index (κ3) is 72.3. The molecule has 0 rings (SSSR count). The largest absolute Gasteiger partial charge is 0.0654 e. The molecule has 0 aliphatic carbocycles. The Morgan fingerprint density at radius 2 is 0.312 bits per heavy atom. The lowest BCUT2D eigenvalue weighted by molar-refractivity contribution is 0.370. The first kappa shape index (κ1) is 80.0. The molecule has 0 fully saturated rings. The van der Waals surface area contributed by atoms with Crippen molar-refractivity contribution in [2.45, 2.75) is 496 Å². The Labute approximate surface area is 512 Å². The third-order valence-corrected chi connectivity index (χ3v) is 19.6. The number of unbranched alkanes of at least 4 members (excludes halogenated alkanes) is 65. The van der Waals surface area contributed by atoms with Gasteiger partial charge in [0.05, 0.1) is 0 Å². The van der Waals surface area contributed by atoms with Crippen LogP contribution in [-0.2, 0) is 0 Å². The number of hydrogen-bond donors (Lipinski definition) is 0. The first-order chi connectivity index (χ1) is 39.7. The minimum absolute atomic E-state index is 0.939. The van der Waals surface area contributed by atoms with Crippen molar-refractivity contribution in [2.75, 3.05) is 0 Å². The molecule has 0 spiro atoms. The molecule has 0 aliphatic heterocycles. The zero-order valence-electron chi connectivity index (χ0n) is 57.4. The highest BCUT2D eigenvalue weighted by Gasteiger charge is 2.10. The minimum atomic E-state index is 0.939. The van der Waals surface area contributed by atoms with Gasteiger partial charge in [0.1, 0.15) is 0 Å². The van der Waals surface area contributed by atoms with Crippen molar-refractivity contribution in [3.8, 4) is 0 Å². The smallest absolute Gasteiger partial charge is 0.0386 e. The highest BCUT2D eigenvalue weighted by molar-refractivity contribution is 4.69. The van der Waals surface area contributed by atoms with Crippen molar-refractivity contribution in [3.63, 3.8) is 0 Å². The molecule has 0 aromatic heterocycles. The fraction of sp³-hybridized carbons (Fsp3) is 0.988. The number of hydrogen-bond acceptors (Lipinski definition) is 0. The van der Waals surface area contributed by atoms with Crippen LogP contribution in [0.2, 0.25) is 0 Å². The zero-order valence-corrected chi connectivity index (χ0v) is 57.4. The fourth-order valence-corrected chi connectivity index (χ4v) is 13.7. The van der Waals surface area contributed by atoms with E-state index in [9.17, 15) is 0 Å². The fourth-order valence-electron chi connectivity index (χ4n) is 13.7. The molecule has 481 valence electrons. The molecule has 2 atom stereocenters. The van der Waals surface area contributed by atoms with Crippen molar-refractivity contribution in [1.82, 2.24) is 0 Å². The second kappa shape index (κ2) is 75.1. The van der Waals surface area contributed by atoms with Gasteiger partial charge in [-0.1, -0.05) is 496 Å². The summed E-state index contributed by atoms with van der Waals surface area (Å²) in [6.07, 6.45) is 111. The number of rotatable bonds is 75. The van der Waals surface area contributed by atoms with Crippen molar-refractivity contribution < 1.29 is 0 Å². The van der Waals surface area contributed by atoms with E-state index in [-0.39, 0.29) is 0 Å². The molecule has 0 N–H and O–H groups in total. The molecule has 0 amide bonds. The van der Waals surface area contributed by atoms with E-state index < -0.39 is 0 Å². The molecule has 80 heavy (non-hydrogen) atoms. The zero-order chi connectivity index (χ0) is 57.5. The summed E-state index contributed by atoms with van der Waals surface area (Å²) in [5.74, 6) is 1.94.